The van der Waals surface area contributed by atoms with Crippen molar-refractivity contribution in [3.05, 3.63) is 11.6 Å². The van der Waals surface area contributed by atoms with Gasteiger partial charge in [0.2, 0.25) is 0 Å². The fourth-order valence-corrected chi connectivity index (χ4v) is 7.11. The average Bonchev–Trinajstić information content (AvgIpc) is 2.84. The lowest BCUT2D eigenvalue weighted by Crippen LogP contribution is -2.54. The van der Waals surface area contributed by atoms with Gasteiger partial charge in [0.15, 0.2) is 5.78 Å². The standard InChI is InChI=1S/C21H30O3/c1-20-9-7-15(23)11-14(20)3-5-16-17-6-4-13(8-10-22)21(17,2)12-18(24)19(16)20/h11,13,16-17,19,22H,3-10,12H2,1-2H3/t13-,16+,17+,19-,20+,21-/m1/s1. The first-order chi connectivity index (χ1) is 11.4. The minimum atomic E-state index is -0.0791. The number of Topliss-reactive ketones (excluding diaryl/α,β-unsaturated/α-hetero) is 1. The molecule has 0 aromatic carbocycles. The van der Waals surface area contributed by atoms with Gasteiger partial charge >= 0.3 is 0 Å². The van der Waals surface area contributed by atoms with Crippen molar-refractivity contribution >= 4 is 11.6 Å². The summed E-state index contributed by atoms with van der Waals surface area (Å²) in [4.78, 5) is 25.2. The van der Waals surface area contributed by atoms with Gasteiger partial charge in [0.1, 0.15) is 5.78 Å². The first kappa shape index (κ1) is 16.5. The van der Waals surface area contributed by atoms with Crippen LogP contribution < -0.4 is 0 Å². The Labute approximate surface area is 144 Å². The van der Waals surface area contributed by atoms with Crippen LogP contribution in [0.25, 0.3) is 0 Å². The Balaban J connectivity index is 1.70. The lowest BCUT2D eigenvalue weighted by molar-refractivity contribution is -0.146. The number of carbonyl (C=O) groups is 2. The zero-order valence-corrected chi connectivity index (χ0v) is 15.0. The van der Waals surface area contributed by atoms with Crippen LogP contribution in [0.3, 0.4) is 0 Å². The van der Waals surface area contributed by atoms with E-state index >= 15 is 0 Å². The predicted molar refractivity (Wildman–Crippen MR) is 92.3 cm³/mol. The molecule has 4 aliphatic carbocycles. The van der Waals surface area contributed by atoms with Gasteiger partial charge in [-0.1, -0.05) is 19.4 Å². The second kappa shape index (κ2) is 5.52. The Morgan fingerprint density at radius 3 is 2.71 bits per heavy atom. The van der Waals surface area contributed by atoms with E-state index in [1.165, 1.54) is 12.0 Å². The maximum absolute atomic E-state index is 13.3. The molecule has 0 aromatic heterocycles. The van der Waals surface area contributed by atoms with Gasteiger partial charge in [0.05, 0.1) is 0 Å². The summed E-state index contributed by atoms with van der Waals surface area (Å²) in [5, 5.41) is 9.43. The summed E-state index contributed by atoms with van der Waals surface area (Å²) < 4.78 is 0. The first-order valence-electron chi connectivity index (χ1n) is 9.77. The molecule has 3 fully saturated rings. The molecule has 6 atom stereocenters. The highest BCUT2D eigenvalue weighted by Crippen LogP contribution is 2.65. The Kier molecular flexibility index (Phi) is 3.80. The molecule has 132 valence electrons. The van der Waals surface area contributed by atoms with E-state index in [1.807, 2.05) is 6.08 Å². The van der Waals surface area contributed by atoms with Crippen LogP contribution in [0.1, 0.15) is 65.2 Å². The van der Waals surface area contributed by atoms with Crippen LogP contribution in [0.15, 0.2) is 11.6 Å². The molecule has 0 amide bonds. The lowest BCUT2D eigenvalue weighted by Gasteiger charge is -2.57. The highest BCUT2D eigenvalue weighted by molar-refractivity contribution is 5.93. The van der Waals surface area contributed by atoms with Crippen LogP contribution in [0.4, 0.5) is 0 Å². The molecule has 0 unspecified atom stereocenters. The van der Waals surface area contributed by atoms with Gasteiger partial charge < -0.3 is 5.11 Å². The van der Waals surface area contributed by atoms with Crippen LogP contribution in [0, 0.1) is 34.5 Å². The van der Waals surface area contributed by atoms with E-state index < -0.39 is 0 Å². The number of fused-ring (bicyclic) bond motifs is 5. The van der Waals surface area contributed by atoms with Crippen LogP contribution in [-0.2, 0) is 9.59 Å². The molecule has 0 heterocycles. The highest BCUT2D eigenvalue weighted by Gasteiger charge is 2.61. The van der Waals surface area contributed by atoms with Crippen LogP contribution in [0.2, 0.25) is 0 Å². The number of hydrogen-bond acceptors (Lipinski definition) is 3. The lowest BCUT2D eigenvalue weighted by atomic mass is 9.46. The molecular formula is C21H30O3. The molecule has 3 nitrogen and oxygen atoms in total. The third-order valence-electron chi connectivity index (χ3n) is 8.32. The smallest absolute Gasteiger partial charge is 0.155 e. The van der Waals surface area contributed by atoms with E-state index in [0.29, 0.717) is 36.4 Å². The maximum Gasteiger partial charge on any atom is 0.155 e. The van der Waals surface area contributed by atoms with Crippen molar-refractivity contribution in [2.24, 2.45) is 34.5 Å². The zero-order valence-electron chi connectivity index (χ0n) is 15.0. The second-order valence-corrected chi connectivity index (χ2v) is 9.28. The Morgan fingerprint density at radius 1 is 1.17 bits per heavy atom. The van der Waals surface area contributed by atoms with Crippen molar-refractivity contribution in [1.82, 2.24) is 0 Å². The van der Waals surface area contributed by atoms with Gasteiger partial charge in [0.25, 0.3) is 0 Å². The molecule has 0 saturated heterocycles. The first-order valence-corrected chi connectivity index (χ1v) is 9.77. The summed E-state index contributed by atoms with van der Waals surface area (Å²) in [5.74, 6) is 2.40. The van der Waals surface area contributed by atoms with Crippen molar-refractivity contribution in [3.8, 4) is 0 Å². The van der Waals surface area contributed by atoms with Crippen LogP contribution in [-0.4, -0.2) is 23.3 Å². The number of aliphatic hydroxyl groups is 1. The quantitative estimate of drug-likeness (QED) is 0.840. The fraction of sp³-hybridized carbons (Fsp3) is 0.810. The third-order valence-corrected chi connectivity index (χ3v) is 8.32. The molecular weight excluding hydrogens is 300 g/mol. The largest absolute Gasteiger partial charge is 0.396 e. The fourth-order valence-electron chi connectivity index (χ4n) is 7.11. The summed E-state index contributed by atoms with van der Waals surface area (Å²) in [6.07, 6.45) is 9.28. The molecule has 0 aromatic rings. The third kappa shape index (κ3) is 2.13. The SMILES string of the molecule is C[C@]12CC(=O)[C@H]3[C@@H](CCC4=CC(=O)CC[C@@]43C)[C@@H]1CC[C@@H]2CCO. The normalized spacial score (nSPS) is 47.7. The number of allylic oxidation sites excluding steroid dienone is 1. The van der Waals surface area contributed by atoms with E-state index in [2.05, 4.69) is 13.8 Å². The van der Waals surface area contributed by atoms with E-state index in [0.717, 1.165) is 32.1 Å². The summed E-state index contributed by atoms with van der Waals surface area (Å²) in [6, 6.07) is 0. The van der Waals surface area contributed by atoms with E-state index in [1.54, 1.807) is 0 Å². The Bertz CT molecular complexity index is 606. The number of aliphatic hydroxyl groups excluding tert-OH is 1. The number of carbonyl (C=O) groups excluding carboxylic acids is 2. The topological polar surface area (TPSA) is 54.4 Å². The number of ketones is 2. The maximum atomic E-state index is 13.3. The van der Waals surface area contributed by atoms with Gasteiger partial charge in [-0.05, 0) is 73.2 Å². The summed E-state index contributed by atoms with van der Waals surface area (Å²) in [6.45, 7) is 4.81. The zero-order chi connectivity index (χ0) is 17.1. The number of rotatable bonds is 2. The average molecular weight is 330 g/mol. The molecule has 0 radical (unpaired) electrons. The molecule has 3 heteroatoms. The van der Waals surface area contributed by atoms with E-state index in [-0.39, 0.29) is 29.1 Å². The minimum absolute atomic E-state index is 0.0791. The van der Waals surface area contributed by atoms with E-state index in [9.17, 15) is 14.7 Å². The molecule has 4 rings (SSSR count). The highest BCUT2D eigenvalue weighted by atomic mass is 16.3. The Hall–Kier alpha value is -0.960. The van der Waals surface area contributed by atoms with Crippen molar-refractivity contribution in [1.29, 1.82) is 0 Å². The van der Waals surface area contributed by atoms with Gasteiger partial charge in [-0.3, -0.25) is 9.59 Å². The molecule has 1 N–H and O–H groups in total. The molecule has 0 spiro atoms. The van der Waals surface area contributed by atoms with Crippen molar-refractivity contribution in [3.63, 3.8) is 0 Å². The van der Waals surface area contributed by atoms with Crippen molar-refractivity contribution in [2.45, 2.75) is 65.2 Å². The second-order valence-electron chi connectivity index (χ2n) is 9.28. The van der Waals surface area contributed by atoms with Gasteiger partial charge in [-0.15, -0.1) is 0 Å². The van der Waals surface area contributed by atoms with Crippen LogP contribution >= 0.6 is 0 Å². The van der Waals surface area contributed by atoms with Crippen molar-refractivity contribution in [2.75, 3.05) is 6.61 Å². The molecule has 4 aliphatic rings. The van der Waals surface area contributed by atoms with Gasteiger partial charge in [-0.25, -0.2) is 0 Å². The molecule has 0 bridgehead atoms. The predicted octanol–water partition coefficient (Wildman–Crippen LogP) is 3.70. The minimum Gasteiger partial charge on any atom is -0.396 e. The number of hydrogen-bond donors (Lipinski definition) is 1. The summed E-state index contributed by atoms with van der Waals surface area (Å²) >= 11 is 0. The molecule has 0 aliphatic heterocycles. The molecule has 3 saturated carbocycles. The molecule has 24 heavy (non-hydrogen) atoms. The van der Waals surface area contributed by atoms with E-state index in [4.69, 9.17) is 0 Å². The van der Waals surface area contributed by atoms with Crippen molar-refractivity contribution < 1.29 is 14.7 Å². The summed E-state index contributed by atoms with van der Waals surface area (Å²) in [7, 11) is 0. The van der Waals surface area contributed by atoms with Gasteiger partial charge in [0, 0.05) is 25.4 Å². The van der Waals surface area contributed by atoms with Crippen LogP contribution in [0.5, 0.6) is 0 Å². The summed E-state index contributed by atoms with van der Waals surface area (Å²) in [5.41, 5.74) is 1.26. The monoisotopic (exact) mass is 330 g/mol. The Morgan fingerprint density at radius 2 is 1.96 bits per heavy atom. The van der Waals surface area contributed by atoms with Gasteiger partial charge in [-0.2, -0.15) is 0 Å².